The molecule has 0 aromatic heterocycles. The minimum absolute atomic E-state index is 0.376. The van der Waals surface area contributed by atoms with Gasteiger partial charge in [-0.3, -0.25) is 0 Å². The molecule has 0 aliphatic carbocycles. The minimum atomic E-state index is 0.376. The van der Waals surface area contributed by atoms with Crippen molar-refractivity contribution in [1.82, 2.24) is 0 Å². The average molecular weight is 188 g/mol. The monoisotopic (exact) mass is 188 g/mol. The number of methoxy groups -OCH3 is 2. The van der Waals surface area contributed by atoms with Crippen LogP contribution >= 0.6 is 0 Å². The Kier molecular flexibility index (Phi) is 8.46. The molecule has 0 aliphatic heterocycles. The Balaban J connectivity index is 3.73. The van der Waals surface area contributed by atoms with E-state index in [9.17, 15) is 0 Å². The lowest BCUT2D eigenvalue weighted by Gasteiger charge is -2.20. The minimum Gasteiger partial charge on any atom is -0.381 e. The van der Waals surface area contributed by atoms with E-state index in [2.05, 4.69) is 13.8 Å². The first kappa shape index (κ1) is 12.9. The average Bonchev–Trinajstić information content (AvgIpc) is 2.16. The van der Waals surface area contributed by atoms with Gasteiger partial charge >= 0.3 is 0 Å². The summed E-state index contributed by atoms with van der Waals surface area (Å²) in [6.07, 6.45) is 6.43. The van der Waals surface area contributed by atoms with E-state index >= 15 is 0 Å². The zero-order valence-corrected chi connectivity index (χ0v) is 9.51. The number of ether oxygens (including phenoxy) is 2. The molecule has 0 bridgehead atoms. The number of rotatable bonds is 8. The van der Waals surface area contributed by atoms with Crippen LogP contribution in [0.4, 0.5) is 0 Å². The highest BCUT2D eigenvalue weighted by Gasteiger charge is 2.13. The van der Waals surface area contributed by atoms with Gasteiger partial charge in [-0.2, -0.15) is 0 Å². The normalized spacial score (nSPS) is 15.7. The third-order valence-corrected chi connectivity index (χ3v) is 2.41. The van der Waals surface area contributed by atoms with E-state index in [4.69, 9.17) is 9.47 Å². The third-order valence-electron chi connectivity index (χ3n) is 2.41. The first-order valence-corrected chi connectivity index (χ1v) is 5.34. The van der Waals surface area contributed by atoms with Crippen LogP contribution in [0.5, 0.6) is 0 Å². The molecule has 0 heterocycles. The van der Waals surface area contributed by atoms with E-state index in [0.29, 0.717) is 12.2 Å². The van der Waals surface area contributed by atoms with Crippen molar-refractivity contribution in [2.75, 3.05) is 14.2 Å². The van der Waals surface area contributed by atoms with Gasteiger partial charge in [0.15, 0.2) is 0 Å². The van der Waals surface area contributed by atoms with Crippen molar-refractivity contribution < 1.29 is 9.47 Å². The fourth-order valence-corrected chi connectivity index (χ4v) is 1.60. The summed E-state index contributed by atoms with van der Waals surface area (Å²) in [5.74, 6) is 0. The third kappa shape index (κ3) is 6.05. The molecule has 0 aromatic carbocycles. The van der Waals surface area contributed by atoms with Crippen molar-refractivity contribution in [1.29, 1.82) is 0 Å². The summed E-state index contributed by atoms with van der Waals surface area (Å²) in [7, 11) is 3.58. The molecule has 2 atom stereocenters. The Bertz CT molecular complexity index is 92.3. The van der Waals surface area contributed by atoms with Crippen molar-refractivity contribution in [2.45, 2.75) is 58.2 Å². The summed E-state index contributed by atoms with van der Waals surface area (Å²) in [5.41, 5.74) is 0. The van der Waals surface area contributed by atoms with Gasteiger partial charge in [0.25, 0.3) is 0 Å². The van der Waals surface area contributed by atoms with Gasteiger partial charge in [-0.25, -0.2) is 0 Å². The molecule has 0 aliphatic rings. The second-order valence-electron chi connectivity index (χ2n) is 3.53. The summed E-state index contributed by atoms with van der Waals surface area (Å²) in [6, 6.07) is 0. The zero-order chi connectivity index (χ0) is 10.1. The fourth-order valence-electron chi connectivity index (χ4n) is 1.60. The number of hydrogen-bond acceptors (Lipinski definition) is 2. The van der Waals surface area contributed by atoms with Gasteiger partial charge in [0, 0.05) is 14.2 Å². The Labute approximate surface area is 82.6 Å². The second-order valence-corrected chi connectivity index (χ2v) is 3.53. The van der Waals surface area contributed by atoms with Gasteiger partial charge in [-0.1, -0.05) is 26.7 Å². The fraction of sp³-hybridized carbons (Fsp3) is 1.00. The van der Waals surface area contributed by atoms with Gasteiger partial charge < -0.3 is 9.47 Å². The maximum Gasteiger partial charge on any atom is 0.0596 e. The maximum atomic E-state index is 5.39. The molecule has 0 amide bonds. The molecule has 0 fully saturated rings. The molecule has 0 saturated carbocycles. The molecule has 13 heavy (non-hydrogen) atoms. The molecule has 2 nitrogen and oxygen atoms in total. The zero-order valence-electron chi connectivity index (χ0n) is 9.51. The Morgan fingerprint density at radius 1 is 0.846 bits per heavy atom. The molecule has 0 saturated heterocycles. The van der Waals surface area contributed by atoms with Crippen molar-refractivity contribution in [3.63, 3.8) is 0 Å². The van der Waals surface area contributed by atoms with Crippen LogP contribution in [-0.4, -0.2) is 26.4 Å². The Morgan fingerprint density at radius 3 is 1.46 bits per heavy atom. The molecule has 0 N–H and O–H groups in total. The highest BCUT2D eigenvalue weighted by molar-refractivity contribution is 4.65. The van der Waals surface area contributed by atoms with Crippen molar-refractivity contribution in [3.05, 3.63) is 0 Å². The van der Waals surface area contributed by atoms with Crippen molar-refractivity contribution in [2.24, 2.45) is 0 Å². The highest BCUT2D eigenvalue weighted by atomic mass is 16.5. The molecule has 0 rings (SSSR count). The van der Waals surface area contributed by atoms with Gasteiger partial charge in [-0.05, 0) is 19.3 Å². The van der Waals surface area contributed by atoms with Crippen LogP contribution in [0.15, 0.2) is 0 Å². The lowest BCUT2D eigenvalue weighted by Crippen LogP contribution is -2.21. The van der Waals surface area contributed by atoms with E-state index in [1.807, 2.05) is 0 Å². The summed E-state index contributed by atoms with van der Waals surface area (Å²) in [5, 5.41) is 0. The van der Waals surface area contributed by atoms with E-state index in [0.717, 1.165) is 19.3 Å². The van der Waals surface area contributed by atoms with Crippen LogP contribution in [0.2, 0.25) is 0 Å². The van der Waals surface area contributed by atoms with Crippen molar-refractivity contribution in [3.8, 4) is 0 Å². The van der Waals surface area contributed by atoms with Crippen LogP contribution in [-0.2, 0) is 9.47 Å². The summed E-state index contributed by atoms with van der Waals surface area (Å²) in [6.45, 7) is 4.38. The maximum absolute atomic E-state index is 5.39. The van der Waals surface area contributed by atoms with Gasteiger partial charge in [-0.15, -0.1) is 0 Å². The van der Waals surface area contributed by atoms with Crippen LogP contribution in [0, 0.1) is 0 Å². The van der Waals surface area contributed by atoms with Gasteiger partial charge in [0.05, 0.1) is 12.2 Å². The lowest BCUT2D eigenvalue weighted by molar-refractivity contribution is 0.0149. The quantitative estimate of drug-likeness (QED) is 0.583. The second kappa shape index (κ2) is 8.52. The molecule has 80 valence electrons. The summed E-state index contributed by atoms with van der Waals surface area (Å²) < 4.78 is 10.8. The lowest BCUT2D eigenvalue weighted by atomic mass is 10.0. The first-order valence-electron chi connectivity index (χ1n) is 5.34. The highest BCUT2D eigenvalue weighted by Crippen LogP contribution is 2.14. The topological polar surface area (TPSA) is 18.5 Å². The van der Waals surface area contributed by atoms with Crippen LogP contribution in [0.3, 0.4) is 0 Å². The van der Waals surface area contributed by atoms with E-state index in [1.165, 1.54) is 12.8 Å². The summed E-state index contributed by atoms with van der Waals surface area (Å²) >= 11 is 0. The molecule has 0 radical (unpaired) electrons. The van der Waals surface area contributed by atoms with Gasteiger partial charge in [0.1, 0.15) is 0 Å². The Hall–Kier alpha value is -0.0800. The van der Waals surface area contributed by atoms with E-state index in [1.54, 1.807) is 14.2 Å². The molecular weight excluding hydrogens is 164 g/mol. The Morgan fingerprint density at radius 2 is 1.23 bits per heavy atom. The SMILES string of the molecule is CCCC(CC(CCC)OC)OC. The van der Waals surface area contributed by atoms with Crippen LogP contribution in [0.1, 0.15) is 46.0 Å². The van der Waals surface area contributed by atoms with E-state index < -0.39 is 0 Å². The molecule has 0 spiro atoms. The van der Waals surface area contributed by atoms with Crippen LogP contribution in [0.25, 0.3) is 0 Å². The van der Waals surface area contributed by atoms with Gasteiger partial charge in [0.2, 0.25) is 0 Å². The van der Waals surface area contributed by atoms with Crippen LogP contribution < -0.4 is 0 Å². The molecule has 2 unspecified atom stereocenters. The smallest absolute Gasteiger partial charge is 0.0596 e. The predicted octanol–water partition coefficient (Wildman–Crippen LogP) is 3.01. The largest absolute Gasteiger partial charge is 0.381 e. The molecular formula is C11H24O2. The van der Waals surface area contributed by atoms with E-state index in [-0.39, 0.29) is 0 Å². The summed E-state index contributed by atoms with van der Waals surface area (Å²) in [4.78, 5) is 0. The number of hydrogen-bond donors (Lipinski definition) is 0. The molecule has 0 aromatic rings. The standard InChI is InChI=1S/C11H24O2/c1-5-7-10(12-3)9-11(13-4)8-6-2/h10-11H,5-9H2,1-4H3. The first-order chi connectivity index (χ1) is 6.28. The van der Waals surface area contributed by atoms with Crippen molar-refractivity contribution >= 4 is 0 Å². The predicted molar refractivity (Wildman–Crippen MR) is 56.0 cm³/mol. The molecule has 2 heteroatoms.